The van der Waals surface area contributed by atoms with Gasteiger partial charge in [-0.05, 0) is 42.9 Å². The first kappa shape index (κ1) is 13.4. The van der Waals surface area contributed by atoms with Crippen LogP contribution in [0.3, 0.4) is 0 Å². The van der Waals surface area contributed by atoms with Gasteiger partial charge < -0.3 is 10.6 Å². The molecule has 1 fully saturated rings. The van der Waals surface area contributed by atoms with E-state index in [1.165, 1.54) is 24.1 Å². The first-order valence-electron chi connectivity index (χ1n) is 7.33. The third kappa shape index (κ3) is 2.39. The third-order valence-corrected chi connectivity index (χ3v) is 4.40. The minimum atomic E-state index is 0.355. The van der Waals surface area contributed by atoms with Crippen LogP contribution in [0.2, 0.25) is 0 Å². The molecule has 0 aromatic heterocycles. The lowest BCUT2D eigenvalue weighted by Crippen LogP contribution is -2.64. The minimum absolute atomic E-state index is 0.355. The summed E-state index contributed by atoms with van der Waals surface area (Å²) in [6.45, 7) is 7.76. The first-order chi connectivity index (χ1) is 8.71. The van der Waals surface area contributed by atoms with E-state index in [9.17, 15) is 0 Å². The summed E-state index contributed by atoms with van der Waals surface area (Å²) in [5.41, 5.74) is 8.85. The minimum Gasteiger partial charge on any atom is -0.365 e. The Morgan fingerprint density at radius 3 is 2.22 bits per heavy atom. The predicted molar refractivity (Wildman–Crippen MR) is 79.2 cm³/mol. The van der Waals surface area contributed by atoms with E-state index in [4.69, 9.17) is 5.73 Å². The Balaban J connectivity index is 2.08. The van der Waals surface area contributed by atoms with Gasteiger partial charge in [-0.1, -0.05) is 32.9 Å². The van der Waals surface area contributed by atoms with Crippen molar-refractivity contribution >= 4 is 5.69 Å². The highest BCUT2D eigenvalue weighted by molar-refractivity contribution is 5.52. The number of nitrogens with zero attached hydrogens (tertiary/aromatic N) is 1. The maximum atomic E-state index is 6.04. The molecule has 0 saturated carbocycles. The zero-order valence-corrected chi connectivity index (χ0v) is 11.9. The number of hydrogen-bond acceptors (Lipinski definition) is 2. The largest absolute Gasteiger partial charge is 0.365 e. The van der Waals surface area contributed by atoms with Crippen molar-refractivity contribution in [3.8, 4) is 0 Å². The Morgan fingerprint density at radius 2 is 1.78 bits per heavy atom. The molecule has 18 heavy (non-hydrogen) atoms. The summed E-state index contributed by atoms with van der Waals surface area (Å²) in [7, 11) is 0. The molecule has 2 nitrogen and oxygen atoms in total. The highest BCUT2D eigenvalue weighted by Crippen LogP contribution is 2.30. The number of rotatable bonds is 5. The average molecular weight is 246 g/mol. The van der Waals surface area contributed by atoms with E-state index in [0.717, 1.165) is 13.0 Å². The fraction of sp³-hybridized carbons (Fsp3) is 0.625. The number of hydrogen-bond donors (Lipinski definition) is 1. The molecule has 0 bridgehead atoms. The van der Waals surface area contributed by atoms with Crippen LogP contribution in [0.15, 0.2) is 24.3 Å². The van der Waals surface area contributed by atoms with Crippen LogP contribution in [0.25, 0.3) is 0 Å². The van der Waals surface area contributed by atoms with Crippen LogP contribution < -0.4 is 10.6 Å². The molecule has 2 heteroatoms. The van der Waals surface area contributed by atoms with Gasteiger partial charge in [0, 0.05) is 24.3 Å². The molecule has 100 valence electrons. The second-order valence-electron chi connectivity index (χ2n) is 5.40. The van der Waals surface area contributed by atoms with E-state index in [1.54, 1.807) is 0 Å². The Morgan fingerprint density at radius 1 is 1.17 bits per heavy atom. The second kappa shape index (κ2) is 5.75. The molecule has 2 unspecified atom stereocenters. The summed E-state index contributed by atoms with van der Waals surface area (Å²) in [6, 6.07) is 10.0. The number of anilines is 1. The summed E-state index contributed by atoms with van der Waals surface area (Å²) in [4.78, 5) is 2.43. The van der Waals surface area contributed by atoms with Gasteiger partial charge in [-0.2, -0.15) is 0 Å². The highest BCUT2D eigenvalue weighted by Gasteiger charge is 2.34. The van der Waals surface area contributed by atoms with Gasteiger partial charge >= 0.3 is 0 Å². The molecule has 1 saturated heterocycles. The fourth-order valence-corrected chi connectivity index (χ4v) is 3.10. The van der Waals surface area contributed by atoms with Gasteiger partial charge in [0.1, 0.15) is 0 Å². The van der Waals surface area contributed by atoms with Gasteiger partial charge in [0.25, 0.3) is 0 Å². The summed E-state index contributed by atoms with van der Waals surface area (Å²) in [5, 5.41) is 0. The van der Waals surface area contributed by atoms with Crippen LogP contribution in [0.4, 0.5) is 5.69 Å². The van der Waals surface area contributed by atoms with Crippen LogP contribution in [-0.4, -0.2) is 18.6 Å². The van der Waals surface area contributed by atoms with Crippen molar-refractivity contribution in [3.05, 3.63) is 29.8 Å². The van der Waals surface area contributed by atoms with Gasteiger partial charge in [-0.25, -0.2) is 0 Å². The van der Waals surface area contributed by atoms with Crippen molar-refractivity contribution in [2.45, 2.75) is 58.0 Å². The predicted octanol–water partition coefficient (Wildman–Crippen LogP) is 3.52. The lowest BCUT2D eigenvalue weighted by Gasteiger charge is -2.48. The molecule has 1 aromatic rings. The molecule has 1 aromatic carbocycles. The van der Waals surface area contributed by atoms with Gasteiger partial charge in [-0.15, -0.1) is 0 Å². The van der Waals surface area contributed by atoms with Crippen molar-refractivity contribution in [2.75, 3.05) is 11.4 Å². The molecule has 0 amide bonds. The standard InChI is InChI=1S/C16H26N2/c1-4-12(5-2)13-7-9-14(10-8-13)18-11-15(17)16(18)6-3/h7-10,12,15-16H,4-6,11,17H2,1-3H3. The molecule has 1 aliphatic heterocycles. The van der Waals surface area contributed by atoms with Crippen LogP contribution >= 0.6 is 0 Å². The Labute approximate surface area is 111 Å². The second-order valence-corrected chi connectivity index (χ2v) is 5.40. The lowest BCUT2D eigenvalue weighted by molar-refractivity contribution is 0.370. The van der Waals surface area contributed by atoms with E-state index in [1.807, 2.05) is 0 Å². The molecular weight excluding hydrogens is 220 g/mol. The molecular formula is C16H26N2. The van der Waals surface area contributed by atoms with E-state index >= 15 is 0 Å². The van der Waals surface area contributed by atoms with Crippen molar-refractivity contribution in [1.29, 1.82) is 0 Å². The van der Waals surface area contributed by atoms with Gasteiger partial charge in [0.05, 0.1) is 0 Å². The van der Waals surface area contributed by atoms with Crippen LogP contribution in [-0.2, 0) is 0 Å². The zero-order chi connectivity index (χ0) is 13.1. The summed E-state index contributed by atoms with van der Waals surface area (Å²) in [6.07, 6.45) is 3.58. The van der Waals surface area contributed by atoms with Crippen molar-refractivity contribution in [2.24, 2.45) is 5.73 Å². The monoisotopic (exact) mass is 246 g/mol. The van der Waals surface area contributed by atoms with Crippen LogP contribution in [0.5, 0.6) is 0 Å². The Kier molecular flexibility index (Phi) is 4.28. The van der Waals surface area contributed by atoms with Gasteiger partial charge in [-0.3, -0.25) is 0 Å². The normalized spacial score (nSPS) is 23.3. The SMILES string of the molecule is CCC(CC)c1ccc(N2CC(N)C2CC)cc1. The highest BCUT2D eigenvalue weighted by atomic mass is 15.3. The molecule has 1 heterocycles. The maximum absolute atomic E-state index is 6.04. The number of nitrogens with two attached hydrogens (primary N) is 1. The zero-order valence-electron chi connectivity index (χ0n) is 11.9. The van der Waals surface area contributed by atoms with Crippen LogP contribution in [0.1, 0.15) is 51.5 Å². The van der Waals surface area contributed by atoms with Crippen molar-refractivity contribution < 1.29 is 0 Å². The maximum Gasteiger partial charge on any atom is 0.0456 e. The third-order valence-electron chi connectivity index (χ3n) is 4.40. The summed E-state index contributed by atoms with van der Waals surface area (Å²) < 4.78 is 0. The molecule has 2 N–H and O–H groups in total. The molecule has 0 spiro atoms. The first-order valence-corrected chi connectivity index (χ1v) is 7.33. The molecule has 0 radical (unpaired) electrons. The molecule has 0 aliphatic carbocycles. The van der Waals surface area contributed by atoms with Crippen molar-refractivity contribution in [3.63, 3.8) is 0 Å². The van der Waals surface area contributed by atoms with E-state index in [-0.39, 0.29) is 0 Å². The van der Waals surface area contributed by atoms with Crippen molar-refractivity contribution in [1.82, 2.24) is 0 Å². The summed E-state index contributed by atoms with van der Waals surface area (Å²) >= 11 is 0. The topological polar surface area (TPSA) is 29.3 Å². The Hall–Kier alpha value is -1.02. The van der Waals surface area contributed by atoms with E-state index in [0.29, 0.717) is 18.0 Å². The van der Waals surface area contributed by atoms with Gasteiger partial charge in [0.15, 0.2) is 0 Å². The molecule has 2 rings (SSSR count). The smallest absolute Gasteiger partial charge is 0.0456 e. The number of benzene rings is 1. The van der Waals surface area contributed by atoms with Crippen LogP contribution in [0, 0.1) is 0 Å². The quantitative estimate of drug-likeness (QED) is 0.861. The van der Waals surface area contributed by atoms with E-state index < -0.39 is 0 Å². The van der Waals surface area contributed by atoms with Gasteiger partial charge in [0.2, 0.25) is 0 Å². The molecule has 2 atom stereocenters. The summed E-state index contributed by atoms with van der Waals surface area (Å²) in [5.74, 6) is 0.708. The fourth-order valence-electron chi connectivity index (χ4n) is 3.10. The Bertz CT molecular complexity index is 367. The van der Waals surface area contributed by atoms with E-state index in [2.05, 4.69) is 49.9 Å². The average Bonchev–Trinajstić information content (AvgIpc) is 2.39. The lowest BCUT2D eigenvalue weighted by atomic mass is 9.91. The molecule has 1 aliphatic rings.